The van der Waals surface area contributed by atoms with Gasteiger partial charge in [-0.1, -0.05) is 58.3 Å². The quantitative estimate of drug-likeness (QED) is 0.378. The van der Waals surface area contributed by atoms with Crippen LogP contribution in [0.3, 0.4) is 0 Å². The molecule has 0 saturated heterocycles. The van der Waals surface area contributed by atoms with Crippen LogP contribution in [0, 0.1) is 0 Å². The highest BCUT2D eigenvalue weighted by Crippen LogP contribution is 2.12. The van der Waals surface area contributed by atoms with Crippen LogP contribution in [-0.4, -0.2) is 30.5 Å². The normalized spacial score (nSPS) is 13.3. The maximum atomic E-state index is 11.6. The van der Waals surface area contributed by atoms with Crippen LogP contribution in [-0.2, 0) is 14.9 Å². The molecule has 0 aliphatic carbocycles. The van der Waals surface area contributed by atoms with Gasteiger partial charge in [0, 0.05) is 19.4 Å². The topological polar surface area (TPSA) is 97.5 Å². The number of carbonyl (C=O) groups excluding carboxylic acids is 1. The summed E-state index contributed by atoms with van der Waals surface area (Å²) in [5.74, 6) is -0.133. The molecule has 0 rings (SSSR count). The lowest BCUT2D eigenvalue weighted by atomic mass is 10.0. The van der Waals surface area contributed by atoms with Gasteiger partial charge >= 0.3 is 0 Å². The Morgan fingerprint density at radius 1 is 1.00 bits per heavy atom. The Labute approximate surface area is 129 Å². The van der Waals surface area contributed by atoms with Crippen molar-refractivity contribution < 1.29 is 17.8 Å². The molecule has 0 aliphatic heterocycles. The van der Waals surface area contributed by atoms with Crippen LogP contribution in [0.25, 0.3) is 0 Å². The molecule has 0 aliphatic rings. The molecule has 0 radical (unpaired) electrons. The second-order valence-electron chi connectivity index (χ2n) is 5.69. The molecule has 1 unspecified atom stereocenters. The molecule has 21 heavy (non-hydrogen) atoms. The number of Topliss-reactive ketones (excluding diaryl/α,β-unsaturated/α-hetero) is 1. The standard InChI is InChI=1S/C15H31NO4S/c1-2-3-4-5-6-7-8-9-10-11-14(17)12-15(13-16)21(18,19)20/h15H,2-13,16H2,1H3,(H,18,19,20). The zero-order valence-electron chi connectivity index (χ0n) is 13.2. The highest BCUT2D eigenvalue weighted by molar-refractivity contribution is 7.86. The Morgan fingerprint density at radius 2 is 1.48 bits per heavy atom. The molecule has 0 aromatic carbocycles. The van der Waals surface area contributed by atoms with Crippen molar-refractivity contribution in [3.05, 3.63) is 0 Å². The summed E-state index contributed by atoms with van der Waals surface area (Å²) in [5, 5.41) is -1.15. The summed E-state index contributed by atoms with van der Waals surface area (Å²) in [6.07, 6.45) is 10.7. The lowest BCUT2D eigenvalue weighted by molar-refractivity contribution is -0.119. The number of carbonyl (C=O) groups is 1. The van der Waals surface area contributed by atoms with E-state index in [1.807, 2.05) is 0 Å². The minimum absolute atomic E-state index is 0.133. The summed E-state index contributed by atoms with van der Waals surface area (Å²) in [4.78, 5) is 11.6. The van der Waals surface area contributed by atoms with E-state index in [9.17, 15) is 13.2 Å². The van der Waals surface area contributed by atoms with Crippen molar-refractivity contribution in [3.63, 3.8) is 0 Å². The van der Waals surface area contributed by atoms with Crippen LogP contribution in [0.5, 0.6) is 0 Å². The van der Waals surface area contributed by atoms with Crippen LogP contribution in [0.2, 0.25) is 0 Å². The molecule has 0 amide bonds. The van der Waals surface area contributed by atoms with Gasteiger partial charge in [-0.2, -0.15) is 8.42 Å². The van der Waals surface area contributed by atoms with Gasteiger partial charge < -0.3 is 5.73 Å². The van der Waals surface area contributed by atoms with Gasteiger partial charge in [-0.25, -0.2) is 0 Å². The van der Waals surface area contributed by atoms with Crippen LogP contribution >= 0.6 is 0 Å². The van der Waals surface area contributed by atoms with Crippen LogP contribution in [0.4, 0.5) is 0 Å². The van der Waals surface area contributed by atoms with Crippen molar-refractivity contribution >= 4 is 15.9 Å². The predicted molar refractivity (Wildman–Crippen MR) is 85.9 cm³/mol. The van der Waals surface area contributed by atoms with E-state index < -0.39 is 15.4 Å². The second-order valence-corrected chi connectivity index (χ2v) is 7.39. The third kappa shape index (κ3) is 11.8. The zero-order chi connectivity index (χ0) is 16.1. The Bertz CT molecular complexity index is 368. The average Bonchev–Trinajstić information content (AvgIpc) is 2.41. The maximum absolute atomic E-state index is 11.6. The molecule has 0 bridgehead atoms. The first kappa shape index (κ1) is 20.5. The molecule has 5 nitrogen and oxygen atoms in total. The van der Waals surface area contributed by atoms with Crippen molar-refractivity contribution in [1.29, 1.82) is 0 Å². The first-order valence-electron chi connectivity index (χ1n) is 8.09. The highest BCUT2D eigenvalue weighted by Gasteiger charge is 2.23. The summed E-state index contributed by atoms with van der Waals surface area (Å²) in [5.41, 5.74) is 5.26. The van der Waals surface area contributed by atoms with Crippen molar-refractivity contribution in [3.8, 4) is 0 Å². The number of ketones is 1. The number of hydrogen-bond acceptors (Lipinski definition) is 4. The van der Waals surface area contributed by atoms with E-state index in [2.05, 4.69) is 6.92 Å². The summed E-state index contributed by atoms with van der Waals surface area (Å²) in [6, 6.07) is 0. The highest BCUT2D eigenvalue weighted by atomic mass is 32.2. The number of hydrogen-bond donors (Lipinski definition) is 2. The maximum Gasteiger partial charge on any atom is 0.269 e. The van der Waals surface area contributed by atoms with E-state index >= 15 is 0 Å². The number of rotatable bonds is 14. The summed E-state index contributed by atoms with van der Waals surface area (Å²) >= 11 is 0. The SMILES string of the molecule is CCCCCCCCCCCC(=O)CC(CN)S(=O)(=O)O. The predicted octanol–water partition coefficient (Wildman–Crippen LogP) is 3.08. The first-order chi connectivity index (χ1) is 9.91. The zero-order valence-corrected chi connectivity index (χ0v) is 14.0. The molecule has 0 spiro atoms. The summed E-state index contributed by atoms with van der Waals surface area (Å²) in [7, 11) is -4.21. The monoisotopic (exact) mass is 321 g/mol. The minimum atomic E-state index is -4.21. The Hall–Kier alpha value is -0.460. The van der Waals surface area contributed by atoms with Crippen molar-refractivity contribution in [1.82, 2.24) is 0 Å². The smallest absolute Gasteiger partial charge is 0.269 e. The summed E-state index contributed by atoms with van der Waals surface area (Å²) in [6.45, 7) is 1.98. The van der Waals surface area contributed by atoms with Gasteiger partial charge in [0.05, 0.1) is 0 Å². The largest absolute Gasteiger partial charge is 0.329 e. The molecule has 126 valence electrons. The van der Waals surface area contributed by atoms with Crippen molar-refractivity contribution in [2.45, 2.75) is 82.8 Å². The van der Waals surface area contributed by atoms with Gasteiger partial charge in [-0.3, -0.25) is 9.35 Å². The van der Waals surface area contributed by atoms with Crippen LogP contribution in [0.15, 0.2) is 0 Å². The molecular weight excluding hydrogens is 290 g/mol. The van der Waals surface area contributed by atoms with Crippen LogP contribution in [0.1, 0.15) is 77.6 Å². The third-order valence-corrected chi connectivity index (χ3v) is 4.90. The molecule has 0 aromatic rings. The fraction of sp³-hybridized carbons (Fsp3) is 0.933. The Morgan fingerprint density at radius 3 is 1.90 bits per heavy atom. The molecule has 3 N–H and O–H groups in total. The molecule has 0 aromatic heterocycles. The molecule has 6 heteroatoms. The van der Waals surface area contributed by atoms with Gasteiger partial charge in [0.15, 0.2) is 0 Å². The molecule has 0 fully saturated rings. The fourth-order valence-corrected chi connectivity index (χ4v) is 2.94. The van der Waals surface area contributed by atoms with Crippen molar-refractivity contribution in [2.24, 2.45) is 5.73 Å². The van der Waals surface area contributed by atoms with Gasteiger partial charge in [0.2, 0.25) is 0 Å². The molecule has 0 saturated carbocycles. The van der Waals surface area contributed by atoms with E-state index in [0.29, 0.717) is 6.42 Å². The number of nitrogens with two attached hydrogens (primary N) is 1. The molecular formula is C15H31NO4S. The van der Waals surface area contributed by atoms with Gasteiger partial charge in [-0.05, 0) is 6.42 Å². The second kappa shape index (κ2) is 12.1. The van der Waals surface area contributed by atoms with Gasteiger partial charge in [0.1, 0.15) is 11.0 Å². The van der Waals surface area contributed by atoms with Crippen LogP contribution < -0.4 is 5.73 Å². The lowest BCUT2D eigenvalue weighted by Crippen LogP contribution is -2.31. The van der Waals surface area contributed by atoms with E-state index in [4.69, 9.17) is 10.3 Å². The average molecular weight is 321 g/mol. The van der Waals surface area contributed by atoms with Gasteiger partial charge in [-0.15, -0.1) is 0 Å². The van der Waals surface area contributed by atoms with E-state index in [1.165, 1.54) is 38.5 Å². The van der Waals surface area contributed by atoms with Gasteiger partial charge in [0.25, 0.3) is 10.1 Å². The number of unbranched alkanes of at least 4 members (excludes halogenated alkanes) is 8. The molecule has 0 heterocycles. The summed E-state index contributed by atoms with van der Waals surface area (Å²) < 4.78 is 30.8. The first-order valence-corrected chi connectivity index (χ1v) is 9.60. The van der Waals surface area contributed by atoms with E-state index in [-0.39, 0.29) is 18.7 Å². The Kier molecular flexibility index (Phi) is 11.9. The Balaban J connectivity index is 3.58. The van der Waals surface area contributed by atoms with E-state index in [1.54, 1.807) is 0 Å². The third-order valence-electron chi connectivity index (χ3n) is 3.70. The van der Waals surface area contributed by atoms with Crippen molar-refractivity contribution in [2.75, 3.05) is 6.54 Å². The fourth-order valence-electron chi connectivity index (χ4n) is 2.30. The lowest BCUT2D eigenvalue weighted by Gasteiger charge is -2.10. The molecule has 1 atom stereocenters. The minimum Gasteiger partial charge on any atom is -0.329 e. The van der Waals surface area contributed by atoms with E-state index in [0.717, 1.165) is 19.3 Å².